The van der Waals surface area contributed by atoms with Crippen LogP contribution >= 0.6 is 0 Å². The molecule has 30 heavy (non-hydrogen) atoms. The van der Waals surface area contributed by atoms with E-state index in [-0.39, 0.29) is 24.5 Å². The first kappa shape index (κ1) is 19.9. The van der Waals surface area contributed by atoms with E-state index >= 15 is 0 Å². The molecule has 8 heteroatoms. The number of ether oxygens (including phenoxy) is 2. The lowest BCUT2D eigenvalue weighted by molar-refractivity contribution is -0.140. The standard InChI is InChI=1S/C22H23N3O5/c1-24-8-11-30-17-6-5-14(12-16(17)24)20(26)18-19(15-4-3-7-23-13-15)25(9-10-29-2)22(28)21(18)27/h3-7,12-13,19,26H,8-11H2,1-2H3/b20-18-. The molecule has 3 heterocycles. The summed E-state index contributed by atoms with van der Waals surface area (Å²) in [4.78, 5) is 33.2. The first-order valence-corrected chi connectivity index (χ1v) is 9.68. The molecule has 1 saturated heterocycles. The lowest BCUT2D eigenvalue weighted by atomic mass is 9.96. The largest absolute Gasteiger partial charge is 0.507 e. The van der Waals surface area contributed by atoms with Gasteiger partial charge >= 0.3 is 0 Å². The first-order valence-electron chi connectivity index (χ1n) is 9.68. The van der Waals surface area contributed by atoms with Crippen LogP contribution in [0.2, 0.25) is 0 Å². The van der Waals surface area contributed by atoms with Crippen LogP contribution in [0.5, 0.6) is 5.75 Å². The highest BCUT2D eigenvalue weighted by Gasteiger charge is 2.46. The van der Waals surface area contributed by atoms with Gasteiger partial charge in [-0.3, -0.25) is 14.6 Å². The SMILES string of the molecule is COCCN1C(=O)C(=O)/C(=C(\O)c2ccc3c(c2)N(C)CCO3)C1c1cccnc1. The second kappa shape index (κ2) is 8.16. The molecule has 0 spiro atoms. The number of carbonyl (C=O) groups excluding carboxylic acids is 2. The summed E-state index contributed by atoms with van der Waals surface area (Å²) in [6.07, 6.45) is 3.21. The Labute approximate surface area is 174 Å². The van der Waals surface area contributed by atoms with Crippen molar-refractivity contribution in [1.82, 2.24) is 9.88 Å². The Balaban J connectivity index is 1.83. The summed E-state index contributed by atoms with van der Waals surface area (Å²) in [6, 6.07) is 8.00. The molecule has 0 saturated carbocycles. The summed E-state index contributed by atoms with van der Waals surface area (Å²) in [6.45, 7) is 1.79. The highest BCUT2D eigenvalue weighted by atomic mass is 16.5. The minimum absolute atomic E-state index is 0.0448. The van der Waals surface area contributed by atoms with Crippen LogP contribution in [0.4, 0.5) is 5.69 Å². The zero-order valence-electron chi connectivity index (χ0n) is 16.9. The maximum atomic E-state index is 12.9. The van der Waals surface area contributed by atoms with Gasteiger partial charge in [-0.2, -0.15) is 0 Å². The maximum Gasteiger partial charge on any atom is 0.295 e. The molecular weight excluding hydrogens is 386 g/mol. The first-order chi connectivity index (χ1) is 14.5. The fraction of sp³-hybridized carbons (Fsp3) is 0.318. The molecule has 8 nitrogen and oxygen atoms in total. The third-order valence-corrected chi connectivity index (χ3v) is 5.40. The minimum Gasteiger partial charge on any atom is -0.507 e. The van der Waals surface area contributed by atoms with Gasteiger partial charge < -0.3 is 24.4 Å². The van der Waals surface area contributed by atoms with Crippen molar-refractivity contribution in [3.63, 3.8) is 0 Å². The number of aliphatic hydroxyl groups is 1. The predicted molar refractivity (Wildman–Crippen MR) is 110 cm³/mol. The van der Waals surface area contributed by atoms with Crippen LogP contribution in [-0.2, 0) is 14.3 Å². The van der Waals surface area contributed by atoms with Gasteiger partial charge in [0, 0.05) is 38.7 Å². The van der Waals surface area contributed by atoms with Gasteiger partial charge in [-0.05, 0) is 29.8 Å². The number of Topliss-reactive ketones (excluding diaryl/α,β-unsaturated/α-hetero) is 1. The Morgan fingerprint density at radius 1 is 1.33 bits per heavy atom. The van der Waals surface area contributed by atoms with Crippen molar-refractivity contribution in [3.05, 3.63) is 59.4 Å². The van der Waals surface area contributed by atoms with Crippen molar-refractivity contribution in [1.29, 1.82) is 0 Å². The van der Waals surface area contributed by atoms with Crippen LogP contribution in [0.3, 0.4) is 0 Å². The number of aromatic nitrogens is 1. The van der Waals surface area contributed by atoms with Gasteiger partial charge in [0.15, 0.2) is 0 Å². The molecule has 2 aliphatic rings. The molecule has 156 valence electrons. The number of aliphatic hydroxyl groups excluding tert-OH is 1. The summed E-state index contributed by atoms with van der Waals surface area (Å²) in [5.74, 6) is -0.894. The number of rotatable bonds is 5. The average Bonchev–Trinajstić information content (AvgIpc) is 3.02. The molecule has 1 unspecified atom stereocenters. The Bertz CT molecular complexity index is 1010. The molecule has 1 atom stereocenters. The molecular formula is C22H23N3O5. The van der Waals surface area contributed by atoms with Gasteiger partial charge in [-0.15, -0.1) is 0 Å². The summed E-state index contributed by atoms with van der Waals surface area (Å²) in [5, 5.41) is 11.1. The van der Waals surface area contributed by atoms with Crippen LogP contribution in [0.1, 0.15) is 17.2 Å². The average molecular weight is 409 g/mol. The number of likely N-dealkylation sites (N-methyl/N-ethyl adjacent to an activating group) is 1. The van der Waals surface area contributed by atoms with Crippen LogP contribution in [0, 0.1) is 0 Å². The van der Waals surface area contributed by atoms with E-state index in [1.807, 2.05) is 11.9 Å². The second-order valence-corrected chi connectivity index (χ2v) is 7.22. The Hall–Kier alpha value is -3.39. The number of likely N-dealkylation sites (tertiary alicyclic amines) is 1. The Kier molecular flexibility index (Phi) is 5.41. The van der Waals surface area contributed by atoms with Gasteiger partial charge in [0.1, 0.15) is 18.1 Å². The van der Waals surface area contributed by atoms with Crippen molar-refractivity contribution >= 4 is 23.1 Å². The zero-order chi connectivity index (χ0) is 21.3. The van der Waals surface area contributed by atoms with Crippen LogP contribution < -0.4 is 9.64 Å². The normalized spacial score (nSPS) is 20.3. The molecule has 2 aliphatic heterocycles. The van der Waals surface area contributed by atoms with Gasteiger partial charge in [0.25, 0.3) is 11.7 Å². The zero-order valence-corrected chi connectivity index (χ0v) is 16.9. The van der Waals surface area contributed by atoms with E-state index in [9.17, 15) is 14.7 Å². The van der Waals surface area contributed by atoms with Gasteiger partial charge in [-0.25, -0.2) is 0 Å². The van der Waals surface area contributed by atoms with Crippen LogP contribution in [-0.4, -0.2) is 67.1 Å². The number of carbonyl (C=O) groups is 2. The quantitative estimate of drug-likeness (QED) is 0.459. The van der Waals surface area contributed by atoms with E-state index in [4.69, 9.17) is 9.47 Å². The number of pyridine rings is 1. The monoisotopic (exact) mass is 409 g/mol. The van der Waals surface area contributed by atoms with E-state index in [0.717, 1.165) is 5.69 Å². The minimum atomic E-state index is -0.737. The number of fused-ring (bicyclic) bond motifs is 1. The molecule has 1 aromatic carbocycles. The number of methoxy groups -OCH3 is 1. The molecule has 0 radical (unpaired) electrons. The van der Waals surface area contributed by atoms with Crippen LogP contribution in [0.15, 0.2) is 48.3 Å². The molecule has 2 aromatic rings. The molecule has 4 rings (SSSR count). The molecule has 0 aliphatic carbocycles. The highest BCUT2D eigenvalue weighted by Crippen LogP contribution is 2.40. The molecule has 1 N–H and O–H groups in total. The third-order valence-electron chi connectivity index (χ3n) is 5.40. The molecule has 1 fully saturated rings. The van der Waals surface area contributed by atoms with E-state index < -0.39 is 17.7 Å². The number of hydrogen-bond donors (Lipinski definition) is 1. The lowest BCUT2D eigenvalue weighted by Gasteiger charge is -2.28. The fourth-order valence-corrected chi connectivity index (χ4v) is 3.84. The van der Waals surface area contributed by atoms with Crippen molar-refractivity contribution < 1.29 is 24.2 Å². The van der Waals surface area contributed by atoms with Crippen molar-refractivity contribution in [3.8, 4) is 5.75 Å². The molecule has 1 aromatic heterocycles. The summed E-state index contributed by atoms with van der Waals surface area (Å²) in [7, 11) is 3.46. The van der Waals surface area contributed by atoms with E-state index in [0.29, 0.717) is 30.0 Å². The topological polar surface area (TPSA) is 92.2 Å². The smallest absolute Gasteiger partial charge is 0.295 e. The predicted octanol–water partition coefficient (Wildman–Crippen LogP) is 1.98. The number of amides is 1. The molecule has 0 bridgehead atoms. The van der Waals surface area contributed by atoms with Gasteiger partial charge in [0.05, 0.1) is 30.5 Å². The van der Waals surface area contributed by atoms with Crippen molar-refractivity contribution in [2.75, 3.05) is 45.4 Å². The number of nitrogens with zero attached hydrogens (tertiary/aromatic N) is 3. The summed E-state index contributed by atoms with van der Waals surface area (Å²) >= 11 is 0. The summed E-state index contributed by atoms with van der Waals surface area (Å²) in [5.41, 5.74) is 1.96. The number of benzene rings is 1. The maximum absolute atomic E-state index is 12.9. The van der Waals surface area contributed by atoms with E-state index in [2.05, 4.69) is 4.98 Å². The third kappa shape index (κ3) is 3.39. The summed E-state index contributed by atoms with van der Waals surface area (Å²) < 4.78 is 10.8. The number of ketones is 1. The van der Waals surface area contributed by atoms with E-state index in [1.165, 1.54) is 12.0 Å². The highest BCUT2D eigenvalue weighted by molar-refractivity contribution is 6.46. The molecule has 1 amide bonds. The lowest BCUT2D eigenvalue weighted by Crippen LogP contribution is -2.32. The number of anilines is 1. The van der Waals surface area contributed by atoms with Gasteiger partial charge in [0.2, 0.25) is 0 Å². The van der Waals surface area contributed by atoms with Crippen molar-refractivity contribution in [2.24, 2.45) is 0 Å². The second-order valence-electron chi connectivity index (χ2n) is 7.22. The Morgan fingerprint density at radius 2 is 2.17 bits per heavy atom. The van der Waals surface area contributed by atoms with Gasteiger partial charge in [-0.1, -0.05) is 6.07 Å². The number of hydrogen-bond acceptors (Lipinski definition) is 7. The van der Waals surface area contributed by atoms with E-state index in [1.54, 1.807) is 42.7 Å². The Morgan fingerprint density at radius 3 is 2.90 bits per heavy atom. The fourth-order valence-electron chi connectivity index (χ4n) is 3.84. The van der Waals surface area contributed by atoms with Crippen LogP contribution in [0.25, 0.3) is 5.76 Å². The van der Waals surface area contributed by atoms with Crippen molar-refractivity contribution in [2.45, 2.75) is 6.04 Å².